The molecular formula is C16H18BrN3O2. The highest BCUT2D eigenvalue weighted by Gasteiger charge is 2.15. The van der Waals surface area contributed by atoms with Crippen LogP contribution in [0.1, 0.15) is 26.1 Å². The maximum atomic E-state index is 12.3. The van der Waals surface area contributed by atoms with Crippen LogP contribution >= 0.6 is 15.9 Å². The van der Waals surface area contributed by atoms with Crippen molar-refractivity contribution < 1.29 is 4.42 Å². The van der Waals surface area contributed by atoms with E-state index in [1.807, 2.05) is 25.2 Å². The molecule has 0 aliphatic carbocycles. The second kappa shape index (κ2) is 5.85. The van der Waals surface area contributed by atoms with Crippen LogP contribution in [0.5, 0.6) is 0 Å². The van der Waals surface area contributed by atoms with E-state index in [-0.39, 0.29) is 11.1 Å². The van der Waals surface area contributed by atoms with E-state index in [2.05, 4.69) is 44.6 Å². The minimum Gasteiger partial charge on any atom is -0.449 e. The number of H-pyrrole nitrogens is 1. The third-order valence-electron chi connectivity index (χ3n) is 4.08. The Morgan fingerprint density at radius 2 is 2.23 bits per heavy atom. The zero-order chi connectivity index (χ0) is 15.9. The van der Waals surface area contributed by atoms with Crippen molar-refractivity contribution in [1.82, 2.24) is 14.9 Å². The van der Waals surface area contributed by atoms with Crippen LogP contribution in [-0.4, -0.2) is 28.0 Å². The number of hydrogen-bond donors (Lipinski definition) is 1. The SMILES string of the molecule is CCC(C)N(C)Cc1nc2c(oc3ccc(Br)cc32)c(=O)[nH]1. The van der Waals surface area contributed by atoms with Crippen LogP contribution < -0.4 is 5.56 Å². The van der Waals surface area contributed by atoms with Gasteiger partial charge in [0.25, 0.3) is 5.56 Å². The summed E-state index contributed by atoms with van der Waals surface area (Å²) in [6.45, 7) is 4.89. The second-order valence-corrected chi connectivity index (χ2v) is 6.52. The first kappa shape index (κ1) is 15.2. The number of hydrogen-bond acceptors (Lipinski definition) is 4. The number of nitrogens with zero attached hydrogens (tertiary/aromatic N) is 2. The summed E-state index contributed by atoms with van der Waals surface area (Å²) in [5.74, 6) is 0.656. The summed E-state index contributed by atoms with van der Waals surface area (Å²) < 4.78 is 6.56. The molecule has 1 N–H and O–H groups in total. The minimum atomic E-state index is -0.232. The van der Waals surface area contributed by atoms with Gasteiger partial charge < -0.3 is 9.40 Å². The molecular weight excluding hydrogens is 346 g/mol. The van der Waals surface area contributed by atoms with Gasteiger partial charge in [0, 0.05) is 15.9 Å². The number of furan rings is 1. The topological polar surface area (TPSA) is 62.1 Å². The maximum Gasteiger partial charge on any atom is 0.294 e. The molecule has 6 heteroatoms. The van der Waals surface area contributed by atoms with Gasteiger partial charge in [-0.05, 0) is 38.6 Å². The van der Waals surface area contributed by atoms with Crippen LogP contribution in [0.4, 0.5) is 0 Å². The van der Waals surface area contributed by atoms with Crippen LogP contribution in [0.3, 0.4) is 0 Å². The summed E-state index contributed by atoms with van der Waals surface area (Å²) in [4.78, 5) is 21.9. The molecule has 0 spiro atoms. The van der Waals surface area contributed by atoms with Crippen molar-refractivity contribution in [1.29, 1.82) is 0 Å². The van der Waals surface area contributed by atoms with E-state index in [0.29, 0.717) is 29.5 Å². The summed E-state index contributed by atoms with van der Waals surface area (Å²) in [5.41, 5.74) is 1.34. The van der Waals surface area contributed by atoms with Crippen molar-refractivity contribution in [2.45, 2.75) is 32.9 Å². The fourth-order valence-electron chi connectivity index (χ4n) is 2.45. The van der Waals surface area contributed by atoms with Crippen molar-refractivity contribution in [3.8, 4) is 0 Å². The first-order valence-corrected chi connectivity index (χ1v) is 8.10. The van der Waals surface area contributed by atoms with Gasteiger partial charge in [0.2, 0.25) is 5.58 Å². The van der Waals surface area contributed by atoms with E-state index in [0.717, 1.165) is 16.3 Å². The maximum absolute atomic E-state index is 12.3. The van der Waals surface area contributed by atoms with Gasteiger partial charge in [-0.3, -0.25) is 9.69 Å². The highest BCUT2D eigenvalue weighted by Crippen LogP contribution is 2.27. The Kier molecular flexibility index (Phi) is 4.06. The molecule has 0 radical (unpaired) electrons. The van der Waals surface area contributed by atoms with Gasteiger partial charge in [-0.25, -0.2) is 4.98 Å². The predicted octanol–water partition coefficient (Wildman–Crippen LogP) is 3.66. The molecule has 0 fully saturated rings. The quantitative estimate of drug-likeness (QED) is 0.768. The lowest BCUT2D eigenvalue weighted by atomic mass is 10.2. The number of aromatic amines is 1. The van der Waals surface area contributed by atoms with Crippen LogP contribution in [0.25, 0.3) is 22.1 Å². The Bertz CT molecular complexity index is 884. The summed E-state index contributed by atoms with van der Waals surface area (Å²) in [6, 6.07) is 6.08. The smallest absolute Gasteiger partial charge is 0.294 e. The van der Waals surface area contributed by atoms with E-state index >= 15 is 0 Å². The lowest BCUT2D eigenvalue weighted by molar-refractivity contribution is 0.238. The van der Waals surface area contributed by atoms with Crippen LogP contribution in [-0.2, 0) is 6.54 Å². The molecule has 0 amide bonds. The van der Waals surface area contributed by atoms with Crippen molar-refractivity contribution in [2.75, 3.05) is 7.05 Å². The fraction of sp³-hybridized carbons (Fsp3) is 0.375. The standard InChI is InChI=1S/C16H18BrN3O2/c1-4-9(2)20(3)8-13-18-14-11-7-10(17)5-6-12(11)22-15(14)16(21)19-13/h5-7,9H,4,8H2,1-3H3,(H,18,19,21). The summed E-state index contributed by atoms with van der Waals surface area (Å²) in [5, 5.41) is 0.850. The average Bonchev–Trinajstić information content (AvgIpc) is 2.85. The normalized spacial score (nSPS) is 13.3. The van der Waals surface area contributed by atoms with Crippen molar-refractivity contribution in [3.05, 3.63) is 38.9 Å². The van der Waals surface area contributed by atoms with E-state index in [1.54, 1.807) is 0 Å². The summed E-state index contributed by atoms with van der Waals surface area (Å²) >= 11 is 3.44. The predicted molar refractivity (Wildman–Crippen MR) is 91.1 cm³/mol. The second-order valence-electron chi connectivity index (χ2n) is 5.61. The van der Waals surface area contributed by atoms with Crippen molar-refractivity contribution in [2.24, 2.45) is 0 Å². The molecule has 3 aromatic rings. The number of nitrogens with one attached hydrogen (secondary N) is 1. The largest absolute Gasteiger partial charge is 0.449 e. The van der Waals surface area contributed by atoms with Crippen LogP contribution in [0, 0.1) is 0 Å². The van der Waals surface area contributed by atoms with E-state index in [9.17, 15) is 4.79 Å². The van der Waals surface area contributed by atoms with Gasteiger partial charge in [-0.2, -0.15) is 0 Å². The third-order valence-corrected chi connectivity index (χ3v) is 4.57. The van der Waals surface area contributed by atoms with Gasteiger partial charge in [0.05, 0.1) is 6.54 Å². The average molecular weight is 364 g/mol. The van der Waals surface area contributed by atoms with E-state index in [4.69, 9.17) is 4.42 Å². The van der Waals surface area contributed by atoms with Gasteiger partial charge in [0.15, 0.2) is 0 Å². The number of fused-ring (bicyclic) bond motifs is 3. The first-order valence-electron chi connectivity index (χ1n) is 7.30. The monoisotopic (exact) mass is 363 g/mol. The molecule has 0 saturated carbocycles. The molecule has 2 heterocycles. The molecule has 0 saturated heterocycles. The lowest BCUT2D eigenvalue weighted by Crippen LogP contribution is -2.29. The molecule has 1 atom stereocenters. The number of halogens is 1. The Morgan fingerprint density at radius 3 is 2.95 bits per heavy atom. The van der Waals surface area contributed by atoms with Gasteiger partial charge in [-0.15, -0.1) is 0 Å². The van der Waals surface area contributed by atoms with Gasteiger partial charge >= 0.3 is 0 Å². The molecule has 1 aromatic carbocycles. The van der Waals surface area contributed by atoms with Gasteiger partial charge in [0.1, 0.15) is 16.9 Å². The molecule has 5 nitrogen and oxygen atoms in total. The van der Waals surface area contributed by atoms with Gasteiger partial charge in [-0.1, -0.05) is 22.9 Å². The van der Waals surface area contributed by atoms with Crippen LogP contribution in [0.15, 0.2) is 31.9 Å². The minimum absolute atomic E-state index is 0.232. The molecule has 3 rings (SSSR count). The lowest BCUT2D eigenvalue weighted by Gasteiger charge is -2.22. The molecule has 0 bridgehead atoms. The number of benzene rings is 1. The molecule has 1 unspecified atom stereocenters. The van der Waals surface area contributed by atoms with Crippen molar-refractivity contribution >= 4 is 38.0 Å². The molecule has 0 aliphatic heterocycles. The first-order chi connectivity index (χ1) is 10.5. The highest BCUT2D eigenvalue weighted by molar-refractivity contribution is 9.10. The number of rotatable bonds is 4. The molecule has 0 aliphatic rings. The summed E-state index contributed by atoms with van der Waals surface area (Å²) in [7, 11) is 2.03. The zero-order valence-corrected chi connectivity index (χ0v) is 14.4. The Balaban J connectivity index is 2.12. The number of aromatic nitrogens is 2. The Labute approximate surface area is 136 Å². The fourth-order valence-corrected chi connectivity index (χ4v) is 2.81. The van der Waals surface area contributed by atoms with E-state index in [1.165, 1.54) is 0 Å². The zero-order valence-electron chi connectivity index (χ0n) is 12.8. The Morgan fingerprint density at radius 1 is 1.45 bits per heavy atom. The Hall–Kier alpha value is -1.66. The molecule has 22 heavy (non-hydrogen) atoms. The van der Waals surface area contributed by atoms with E-state index < -0.39 is 0 Å². The van der Waals surface area contributed by atoms with Crippen LogP contribution in [0.2, 0.25) is 0 Å². The molecule has 116 valence electrons. The van der Waals surface area contributed by atoms with Crippen molar-refractivity contribution in [3.63, 3.8) is 0 Å². The highest BCUT2D eigenvalue weighted by atomic mass is 79.9. The molecule has 2 aromatic heterocycles. The third kappa shape index (κ3) is 2.68. The summed E-state index contributed by atoms with van der Waals surface area (Å²) in [6.07, 6.45) is 1.05.